The van der Waals surface area contributed by atoms with E-state index in [4.69, 9.17) is 11.6 Å². The van der Waals surface area contributed by atoms with Gasteiger partial charge in [0.05, 0.1) is 35.3 Å². The first kappa shape index (κ1) is 25.4. The Bertz CT molecular complexity index is 1490. The van der Waals surface area contributed by atoms with E-state index in [1.165, 1.54) is 28.6 Å². The molecule has 38 heavy (non-hydrogen) atoms. The molecule has 0 aliphatic carbocycles. The Morgan fingerprint density at radius 2 is 2.00 bits per heavy atom. The quantitative estimate of drug-likeness (QED) is 0.463. The van der Waals surface area contributed by atoms with Gasteiger partial charge >= 0.3 is 6.18 Å². The molecule has 6 rings (SSSR count). The molecule has 2 bridgehead atoms. The van der Waals surface area contributed by atoms with Gasteiger partial charge in [0, 0.05) is 42.1 Å². The van der Waals surface area contributed by atoms with E-state index in [1.807, 2.05) is 12.1 Å². The number of halogens is 4. The van der Waals surface area contributed by atoms with Crippen molar-refractivity contribution in [2.45, 2.75) is 31.2 Å². The summed E-state index contributed by atoms with van der Waals surface area (Å²) in [5.74, 6) is -0.279. The fraction of sp³-hybridized carbons (Fsp3) is 0.346. The van der Waals surface area contributed by atoms with E-state index >= 15 is 0 Å². The molecule has 1 amide bonds. The minimum absolute atomic E-state index is 0.0245. The summed E-state index contributed by atoms with van der Waals surface area (Å²) in [5, 5.41) is 15.0. The van der Waals surface area contributed by atoms with Gasteiger partial charge in [-0.1, -0.05) is 23.7 Å². The number of piperazine rings is 1. The van der Waals surface area contributed by atoms with Crippen LogP contribution < -0.4 is 0 Å². The lowest BCUT2D eigenvalue weighted by Gasteiger charge is -2.34. The third-order valence-electron chi connectivity index (χ3n) is 7.26. The number of benzene rings is 2. The summed E-state index contributed by atoms with van der Waals surface area (Å²) in [6, 6.07) is 9.87. The number of carbonyl (C=O) groups is 1. The molecule has 12 heteroatoms. The minimum Gasteiger partial charge on any atom is -0.395 e. The number of aliphatic hydroxyl groups is 1. The number of alkyl halides is 3. The van der Waals surface area contributed by atoms with E-state index in [2.05, 4.69) is 19.9 Å². The molecule has 1 N–H and O–H groups in total. The number of β-amino-alcohol motifs (C(OH)–C–C–N with tert-alkyl or cyclic N) is 1. The number of carbonyl (C=O) groups excluding carboxylic acids is 1. The Morgan fingerprint density at radius 3 is 2.74 bits per heavy atom. The van der Waals surface area contributed by atoms with Gasteiger partial charge in [0.2, 0.25) is 0 Å². The number of aromatic nitrogens is 2. The lowest BCUT2D eigenvalue weighted by Crippen LogP contribution is -2.48. The Kier molecular flexibility index (Phi) is 6.50. The standard InChI is InChI=1S/C26H23ClF3N5O2S/c27-18-3-2-16(21(9-18)26(28,29)30)12-35-22-4-1-15(7-17(22)11-31-35)8-23-24(37)32-25(38-23)34-14-19-10-20(34)13-33(19)5-6-36/h1-4,7-9,11,19-20,36H,5-6,10,12-14H2/t19-,20-/m0/s1. The molecule has 7 nitrogen and oxygen atoms in total. The molecule has 2 saturated heterocycles. The molecule has 2 atom stereocenters. The maximum atomic E-state index is 13.5. The van der Waals surface area contributed by atoms with Gasteiger partial charge in [-0.2, -0.15) is 23.3 Å². The van der Waals surface area contributed by atoms with Gasteiger partial charge in [0.15, 0.2) is 5.17 Å². The number of fused-ring (bicyclic) bond motifs is 3. The number of rotatable bonds is 5. The van der Waals surface area contributed by atoms with Crippen molar-refractivity contribution in [1.82, 2.24) is 19.6 Å². The van der Waals surface area contributed by atoms with E-state index < -0.39 is 11.7 Å². The predicted molar refractivity (Wildman–Crippen MR) is 141 cm³/mol. The summed E-state index contributed by atoms with van der Waals surface area (Å²) in [4.78, 5) is 22.0. The molecule has 0 saturated carbocycles. The zero-order valence-corrected chi connectivity index (χ0v) is 21.6. The molecular formula is C26H23ClF3N5O2S. The summed E-state index contributed by atoms with van der Waals surface area (Å²) in [5.41, 5.74) is 0.753. The molecule has 198 valence electrons. The van der Waals surface area contributed by atoms with Gasteiger partial charge in [-0.05, 0) is 59.7 Å². The number of amidine groups is 1. The summed E-state index contributed by atoms with van der Waals surface area (Å²) < 4.78 is 42.1. The lowest BCUT2D eigenvalue weighted by molar-refractivity contribution is -0.138. The highest BCUT2D eigenvalue weighted by atomic mass is 35.5. The van der Waals surface area contributed by atoms with E-state index in [1.54, 1.807) is 18.3 Å². The third-order valence-corrected chi connectivity index (χ3v) is 8.51. The summed E-state index contributed by atoms with van der Waals surface area (Å²) in [7, 11) is 0. The zero-order valence-electron chi connectivity index (χ0n) is 20.0. The van der Waals surface area contributed by atoms with Gasteiger partial charge in [0.1, 0.15) is 0 Å². The first-order valence-electron chi connectivity index (χ1n) is 12.1. The van der Waals surface area contributed by atoms with Crippen molar-refractivity contribution >= 4 is 51.4 Å². The molecule has 3 aliphatic rings. The second kappa shape index (κ2) is 9.71. The average Bonchev–Trinajstić information content (AvgIpc) is 3.64. The first-order chi connectivity index (χ1) is 18.2. The first-order valence-corrected chi connectivity index (χ1v) is 13.3. The number of hydrogen-bond donors (Lipinski definition) is 1. The molecule has 2 fully saturated rings. The van der Waals surface area contributed by atoms with Crippen LogP contribution in [-0.4, -0.2) is 74.1 Å². The highest BCUT2D eigenvalue weighted by Crippen LogP contribution is 2.38. The van der Waals surface area contributed by atoms with Crippen LogP contribution in [0.3, 0.4) is 0 Å². The monoisotopic (exact) mass is 561 g/mol. The van der Waals surface area contributed by atoms with Crippen LogP contribution in [0.4, 0.5) is 13.2 Å². The van der Waals surface area contributed by atoms with Crippen molar-refractivity contribution in [2.75, 3.05) is 26.2 Å². The number of aliphatic hydroxyl groups excluding tert-OH is 1. The van der Waals surface area contributed by atoms with Crippen molar-refractivity contribution in [2.24, 2.45) is 4.99 Å². The highest BCUT2D eigenvalue weighted by molar-refractivity contribution is 8.18. The van der Waals surface area contributed by atoms with Crippen LogP contribution in [0.25, 0.3) is 17.0 Å². The Morgan fingerprint density at radius 1 is 1.16 bits per heavy atom. The summed E-state index contributed by atoms with van der Waals surface area (Å²) in [6.07, 6.45) is -0.130. The van der Waals surface area contributed by atoms with E-state index in [0.717, 1.165) is 41.7 Å². The molecular weight excluding hydrogens is 539 g/mol. The van der Waals surface area contributed by atoms with E-state index in [9.17, 15) is 23.1 Å². The Balaban J connectivity index is 1.18. The molecule has 0 spiro atoms. The van der Waals surface area contributed by atoms with Crippen molar-refractivity contribution in [3.05, 3.63) is 69.2 Å². The van der Waals surface area contributed by atoms with Gasteiger partial charge < -0.3 is 10.0 Å². The molecule has 4 heterocycles. The zero-order chi connectivity index (χ0) is 26.6. The lowest BCUT2D eigenvalue weighted by atomic mass is 10.1. The molecule has 1 aromatic heterocycles. The van der Waals surface area contributed by atoms with Crippen molar-refractivity contribution in [3.8, 4) is 0 Å². The summed E-state index contributed by atoms with van der Waals surface area (Å²) >= 11 is 7.17. The maximum absolute atomic E-state index is 13.5. The van der Waals surface area contributed by atoms with Crippen LogP contribution in [0, 0.1) is 0 Å². The number of hydrogen-bond acceptors (Lipinski definition) is 6. The van der Waals surface area contributed by atoms with Gasteiger partial charge in [0.25, 0.3) is 5.91 Å². The number of thioether (sulfide) groups is 1. The largest absolute Gasteiger partial charge is 0.416 e. The Hall–Kier alpha value is -2.86. The topological polar surface area (TPSA) is 74.0 Å². The predicted octanol–water partition coefficient (Wildman–Crippen LogP) is 4.48. The number of nitrogens with zero attached hydrogens (tertiary/aromatic N) is 5. The minimum atomic E-state index is -4.53. The third kappa shape index (κ3) is 4.72. The van der Waals surface area contributed by atoms with Crippen LogP contribution in [0.2, 0.25) is 5.02 Å². The van der Waals surface area contributed by atoms with Crippen molar-refractivity contribution < 1.29 is 23.1 Å². The van der Waals surface area contributed by atoms with Crippen LogP contribution >= 0.6 is 23.4 Å². The fourth-order valence-corrected chi connectivity index (χ4v) is 6.66. The van der Waals surface area contributed by atoms with Gasteiger partial charge in [-0.3, -0.25) is 14.4 Å². The number of aliphatic imine (C=N–C) groups is 1. The van der Waals surface area contributed by atoms with Crippen molar-refractivity contribution in [3.63, 3.8) is 0 Å². The molecule has 3 aliphatic heterocycles. The average molecular weight is 562 g/mol. The van der Waals surface area contributed by atoms with Gasteiger partial charge in [-0.25, -0.2) is 0 Å². The Labute approximate surface area is 225 Å². The highest BCUT2D eigenvalue weighted by Gasteiger charge is 2.45. The van der Waals surface area contributed by atoms with E-state index in [0.29, 0.717) is 29.1 Å². The maximum Gasteiger partial charge on any atom is 0.416 e. The SMILES string of the molecule is O=C1N=C(N2C[C@@H]3C[C@H]2CN3CCO)SC1=Cc1ccc2c(cnn2Cc2ccc(Cl)cc2C(F)(F)F)c1. The van der Waals surface area contributed by atoms with Crippen LogP contribution in [-0.2, 0) is 17.5 Å². The fourth-order valence-electron chi connectivity index (χ4n) is 5.49. The molecule has 2 aromatic carbocycles. The van der Waals surface area contributed by atoms with Crippen molar-refractivity contribution in [1.29, 1.82) is 0 Å². The molecule has 0 unspecified atom stereocenters. The smallest absolute Gasteiger partial charge is 0.395 e. The number of amides is 1. The molecule has 0 radical (unpaired) electrons. The van der Waals surface area contributed by atoms with Crippen LogP contribution in [0.15, 0.2) is 52.5 Å². The number of likely N-dealkylation sites (tertiary alicyclic amines) is 2. The van der Waals surface area contributed by atoms with Crippen LogP contribution in [0.1, 0.15) is 23.1 Å². The van der Waals surface area contributed by atoms with Gasteiger partial charge in [-0.15, -0.1) is 0 Å². The summed E-state index contributed by atoms with van der Waals surface area (Å²) in [6.45, 7) is 2.41. The van der Waals surface area contributed by atoms with Crippen LogP contribution in [0.5, 0.6) is 0 Å². The normalized spacial score (nSPS) is 22.9. The molecule has 3 aromatic rings. The second-order valence-corrected chi connectivity index (χ2v) is 11.1. The van der Waals surface area contributed by atoms with E-state index in [-0.39, 0.29) is 29.6 Å². The second-order valence-electron chi connectivity index (χ2n) is 9.64.